The van der Waals surface area contributed by atoms with E-state index < -0.39 is 0 Å². The first-order valence-electron chi connectivity index (χ1n) is 7.18. The lowest BCUT2D eigenvalue weighted by atomic mass is 9.95. The minimum atomic E-state index is -0.0339. The van der Waals surface area contributed by atoms with Crippen LogP contribution in [0.5, 0.6) is 0 Å². The molecule has 0 saturated heterocycles. The summed E-state index contributed by atoms with van der Waals surface area (Å²) in [5.74, 6) is 0.869. The van der Waals surface area contributed by atoms with Crippen LogP contribution in [0.2, 0.25) is 5.02 Å². The van der Waals surface area contributed by atoms with Gasteiger partial charge in [0.05, 0.1) is 16.8 Å². The summed E-state index contributed by atoms with van der Waals surface area (Å²) in [6, 6.07) is 8.03. The highest BCUT2D eigenvalue weighted by Gasteiger charge is 2.49. The van der Waals surface area contributed by atoms with Gasteiger partial charge in [0, 0.05) is 5.02 Å². The Morgan fingerprint density at radius 1 is 1.00 bits per heavy atom. The molecule has 1 aliphatic rings. The van der Waals surface area contributed by atoms with E-state index in [1.807, 2.05) is 12.1 Å². The van der Waals surface area contributed by atoms with E-state index in [9.17, 15) is 0 Å². The van der Waals surface area contributed by atoms with E-state index in [1.165, 1.54) is 5.56 Å². The predicted molar refractivity (Wildman–Crippen MR) is 80.0 cm³/mol. The fourth-order valence-electron chi connectivity index (χ4n) is 2.68. The Morgan fingerprint density at radius 3 is 2.20 bits per heavy atom. The van der Waals surface area contributed by atoms with Crippen LogP contribution in [0, 0.1) is 0 Å². The first-order chi connectivity index (χ1) is 9.69. The second-order valence-corrected chi connectivity index (χ2v) is 5.76. The molecule has 20 heavy (non-hydrogen) atoms. The average Bonchev–Trinajstić information content (AvgIpc) is 3.29. The van der Waals surface area contributed by atoms with Crippen LogP contribution in [0.3, 0.4) is 0 Å². The largest absolute Gasteiger partial charge is 0.233 e. The van der Waals surface area contributed by atoms with Crippen LogP contribution >= 0.6 is 11.6 Å². The van der Waals surface area contributed by atoms with Crippen molar-refractivity contribution in [3.8, 4) is 0 Å². The van der Waals surface area contributed by atoms with Gasteiger partial charge >= 0.3 is 0 Å². The predicted octanol–water partition coefficient (Wildman–Crippen LogP) is 3.73. The van der Waals surface area contributed by atoms with Crippen molar-refractivity contribution in [1.29, 1.82) is 0 Å². The highest BCUT2D eigenvalue weighted by Crippen LogP contribution is 2.52. The Kier molecular flexibility index (Phi) is 3.47. The molecule has 1 aromatic heterocycles. The van der Waals surface area contributed by atoms with Gasteiger partial charge in [-0.25, -0.2) is 4.98 Å². The lowest BCUT2D eigenvalue weighted by Gasteiger charge is -2.15. The van der Waals surface area contributed by atoms with Crippen LogP contribution in [-0.4, -0.2) is 15.2 Å². The summed E-state index contributed by atoms with van der Waals surface area (Å²) in [5.41, 5.74) is 3.31. The second kappa shape index (κ2) is 5.13. The Balaban J connectivity index is 2.02. The number of hydrogen-bond donors (Lipinski definition) is 0. The molecule has 2 aromatic rings. The van der Waals surface area contributed by atoms with Crippen molar-refractivity contribution in [2.24, 2.45) is 0 Å². The number of benzene rings is 1. The van der Waals surface area contributed by atoms with Gasteiger partial charge in [-0.3, -0.25) is 0 Å². The van der Waals surface area contributed by atoms with Gasteiger partial charge in [-0.2, -0.15) is 5.10 Å². The summed E-state index contributed by atoms with van der Waals surface area (Å²) >= 11 is 5.97. The fraction of sp³-hybridized carbons (Fsp3) is 0.438. The smallest absolute Gasteiger partial charge is 0.161 e. The van der Waals surface area contributed by atoms with Gasteiger partial charge in [-0.1, -0.05) is 37.6 Å². The molecular formula is C16H18ClN3. The van der Waals surface area contributed by atoms with Gasteiger partial charge in [-0.05, 0) is 43.4 Å². The maximum Gasteiger partial charge on any atom is 0.161 e. The van der Waals surface area contributed by atoms with E-state index in [-0.39, 0.29) is 5.41 Å². The number of rotatable bonds is 4. The zero-order valence-corrected chi connectivity index (χ0v) is 12.6. The van der Waals surface area contributed by atoms with Crippen LogP contribution < -0.4 is 0 Å². The first-order valence-corrected chi connectivity index (χ1v) is 7.56. The van der Waals surface area contributed by atoms with Crippen LogP contribution in [0.1, 0.15) is 49.5 Å². The molecule has 1 fully saturated rings. The molecule has 3 rings (SSSR count). The molecule has 0 bridgehead atoms. The second-order valence-electron chi connectivity index (χ2n) is 5.32. The third kappa shape index (κ3) is 2.20. The summed E-state index contributed by atoms with van der Waals surface area (Å²) < 4.78 is 0. The highest BCUT2D eigenvalue weighted by atomic mass is 35.5. The molecule has 0 aliphatic heterocycles. The molecule has 0 unspecified atom stereocenters. The molecular weight excluding hydrogens is 270 g/mol. The number of halogens is 1. The molecule has 0 atom stereocenters. The molecule has 1 aromatic carbocycles. The third-order valence-electron chi connectivity index (χ3n) is 4.08. The zero-order chi connectivity index (χ0) is 14.2. The molecule has 1 saturated carbocycles. The lowest BCUT2D eigenvalue weighted by molar-refractivity contribution is 0.683. The van der Waals surface area contributed by atoms with E-state index in [0.29, 0.717) is 0 Å². The Morgan fingerprint density at radius 2 is 1.65 bits per heavy atom. The topological polar surface area (TPSA) is 38.7 Å². The lowest BCUT2D eigenvalue weighted by Crippen LogP contribution is -2.17. The van der Waals surface area contributed by atoms with Crippen molar-refractivity contribution in [3.05, 3.63) is 52.1 Å². The van der Waals surface area contributed by atoms with Crippen molar-refractivity contribution in [2.45, 2.75) is 44.9 Å². The molecule has 0 amide bonds. The summed E-state index contributed by atoms with van der Waals surface area (Å²) in [6.07, 6.45) is 3.97. The maximum absolute atomic E-state index is 5.97. The first kappa shape index (κ1) is 13.5. The fourth-order valence-corrected chi connectivity index (χ4v) is 2.80. The molecule has 0 spiro atoms. The Labute approximate surface area is 124 Å². The van der Waals surface area contributed by atoms with Gasteiger partial charge in [-0.15, -0.1) is 5.10 Å². The molecule has 3 nitrogen and oxygen atoms in total. The Bertz CT molecular complexity index is 618. The monoisotopic (exact) mass is 287 g/mol. The van der Waals surface area contributed by atoms with Gasteiger partial charge in [0.15, 0.2) is 5.82 Å². The number of aryl methyl sites for hydroxylation is 2. The third-order valence-corrected chi connectivity index (χ3v) is 4.34. The summed E-state index contributed by atoms with van der Waals surface area (Å²) in [5, 5.41) is 9.54. The van der Waals surface area contributed by atoms with Gasteiger partial charge in [0.1, 0.15) is 0 Å². The van der Waals surface area contributed by atoms with Crippen LogP contribution in [-0.2, 0) is 18.3 Å². The molecule has 1 heterocycles. The van der Waals surface area contributed by atoms with Crippen molar-refractivity contribution >= 4 is 11.6 Å². The van der Waals surface area contributed by atoms with Gasteiger partial charge in [0.25, 0.3) is 0 Å². The van der Waals surface area contributed by atoms with Crippen LogP contribution in [0.4, 0.5) is 0 Å². The van der Waals surface area contributed by atoms with Crippen molar-refractivity contribution in [2.75, 3.05) is 0 Å². The van der Waals surface area contributed by atoms with Crippen molar-refractivity contribution in [3.63, 3.8) is 0 Å². The number of hydrogen-bond acceptors (Lipinski definition) is 3. The number of nitrogens with zero attached hydrogens (tertiary/aromatic N) is 3. The maximum atomic E-state index is 5.97. The summed E-state index contributed by atoms with van der Waals surface area (Å²) in [4.78, 5) is 4.79. The van der Waals surface area contributed by atoms with Gasteiger partial charge < -0.3 is 0 Å². The molecule has 104 valence electrons. The van der Waals surface area contributed by atoms with Crippen molar-refractivity contribution in [1.82, 2.24) is 15.2 Å². The quantitative estimate of drug-likeness (QED) is 0.860. The van der Waals surface area contributed by atoms with E-state index >= 15 is 0 Å². The van der Waals surface area contributed by atoms with Crippen LogP contribution in [0.25, 0.3) is 0 Å². The van der Waals surface area contributed by atoms with Crippen LogP contribution in [0.15, 0.2) is 24.3 Å². The summed E-state index contributed by atoms with van der Waals surface area (Å²) in [6.45, 7) is 4.21. The Hall–Kier alpha value is -1.48. The molecule has 1 aliphatic carbocycles. The average molecular weight is 288 g/mol. The molecule has 0 radical (unpaired) electrons. The zero-order valence-electron chi connectivity index (χ0n) is 11.9. The van der Waals surface area contributed by atoms with Crippen molar-refractivity contribution < 1.29 is 0 Å². The highest BCUT2D eigenvalue weighted by molar-refractivity contribution is 6.30. The normalized spacial score (nSPS) is 16.1. The molecule has 0 N–H and O–H groups in total. The van der Waals surface area contributed by atoms with Gasteiger partial charge in [0.2, 0.25) is 0 Å². The van der Waals surface area contributed by atoms with E-state index in [2.05, 4.69) is 36.2 Å². The minimum Gasteiger partial charge on any atom is -0.233 e. The van der Waals surface area contributed by atoms with E-state index in [1.54, 1.807) is 0 Å². The van der Waals surface area contributed by atoms with E-state index in [0.717, 1.165) is 47.9 Å². The molecule has 4 heteroatoms. The summed E-state index contributed by atoms with van der Waals surface area (Å²) in [7, 11) is 0. The van der Waals surface area contributed by atoms with E-state index in [4.69, 9.17) is 16.6 Å². The minimum absolute atomic E-state index is 0.0339. The standard InChI is InChI=1S/C16H18ClN3/c1-3-13-14(4-2)19-20-15(18-13)16(9-10-16)11-5-7-12(17)8-6-11/h5-8H,3-4,9-10H2,1-2H3. The SMILES string of the molecule is CCc1nnc(C2(c3ccc(Cl)cc3)CC2)nc1CC. The number of aromatic nitrogens is 3.